The van der Waals surface area contributed by atoms with Crippen LogP contribution in [0.3, 0.4) is 0 Å². The number of halogens is 4. The van der Waals surface area contributed by atoms with E-state index in [4.69, 9.17) is 46.4 Å². The second-order valence-electron chi connectivity index (χ2n) is 4.12. The smallest absolute Gasteiger partial charge is 0.141 e. The van der Waals surface area contributed by atoms with Gasteiger partial charge in [-0.05, 0) is 12.2 Å². The van der Waals surface area contributed by atoms with Crippen LogP contribution in [-0.2, 0) is 0 Å². The zero-order chi connectivity index (χ0) is 14.3. The van der Waals surface area contributed by atoms with Crippen molar-refractivity contribution in [3.8, 4) is 0 Å². The van der Waals surface area contributed by atoms with Crippen LogP contribution >= 0.6 is 58.2 Å². The van der Waals surface area contributed by atoms with Crippen LogP contribution in [0.1, 0.15) is 0 Å². The largest absolute Gasteiger partial charge is 0.384 e. The summed E-state index contributed by atoms with van der Waals surface area (Å²) in [5.41, 5.74) is 0. The van der Waals surface area contributed by atoms with E-state index in [1.165, 1.54) is 0 Å². The average molecular weight is 360 g/mol. The van der Waals surface area contributed by atoms with E-state index in [1.54, 1.807) is 36.5 Å². The van der Waals surface area contributed by atoms with Crippen LogP contribution in [0.15, 0.2) is 46.5 Å². The van der Waals surface area contributed by atoms with Gasteiger partial charge in [0.2, 0.25) is 0 Å². The monoisotopic (exact) mass is 358 g/mol. The molecular formula is C12H10Cl4O2S. The highest BCUT2D eigenvalue weighted by Crippen LogP contribution is 2.53. The Morgan fingerprint density at radius 1 is 0.895 bits per heavy atom. The van der Waals surface area contributed by atoms with Gasteiger partial charge in [-0.25, -0.2) is 0 Å². The van der Waals surface area contributed by atoms with Gasteiger partial charge in [0.15, 0.2) is 0 Å². The lowest BCUT2D eigenvalue weighted by Crippen LogP contribution is -2.42. The van der Waals surface area contributed by atoms with E-state index in [1.807, 2.05) is 0 Å². The Labute approximate surface area is 135 Å². The molecule has 0 heterocycles. The van der Waals surface area contributed by atoms with Gasteiger partial charge in [-0.15, -0.1) is 11.8 Å². The molecule has 2 rings (SSSR count). The lowest BCUT2D eigenvalue weighted by molar-refractivity contribution is 0.205. The highest BCUT2D eigenvalue weighted by atomic mass is 35.5. The van der Waals surface area contributed by atoms with Crippen molar-refractivity contribution in [2.24, 2.45) is 0 Å². The Balaban J connectivity index is 2.26. The maximum atomic E-state index is 10.1. The number of thioether (sulfide) groups is 1. The van der Waals surface area contributed by atoms with Gasteiger partial charge < -0.3 is 10.2 Å². The first-order chi connectivity index (χ1) is 8.78. The highest BCUT2D eigenvalue weighted by Gasteiger charge is 2.48. The summed E-state index contributed by atoms with van der Waals surface area (Å²) in [5, 5.41) is 20.6. The Morgan fingerprint density at radius 2 is 1.26 bits per heavy atom. The Hall–Kier alpha value is 0.390. The lowest BCUT2D eigenvalue weighted by Gasteiger charge is -2.39. The number of aliphatic hydroxyl groups is 2. The molecule has 2 aliphatic rings. The van der Waals surface area contributed by atoms with Crippen molar-refractivity contribution in [2.45, 2.75) is 20.6 Å². The lowest BCUT2D eigenvalue weighted by atomic mass is 10.1. The third-order valence-electron chi connectivity index (χ3n) is 2.74. The molecule has 0 aromatic carbocycles. The van der Waals surface area contributed by atoms with Gasteiger partial charge in [-0.2, -0.15) is 0 Å². The molecule has 0 amide bonds. The second-order valence-corrected chi connectivity index (χ2v) is 8.25. The van der Waals surface area contributed by atoms with Crippen LogP contribution in [0.25, 0.3) is 0 Å². The summed E-state index contributed by atoms with van der Waals surface area (Å²) in [6.07, 6.45) is 7.28. The molecule has 0 aromatic rings. The summed E-state index contributed by atoms with van der Waals surface area (Å²) in [7, 11) is 0. The molecule has 0 bridgehead atoms. The fraction of sp³-hybridized carbons (Fsp3) is 0.333. The van der Waals surface area contributed by atoms with E-state index < -0.39 is 20.6 Å². The van der Waals surface area contributed by atoms with Crippen molar-refractivity contribution >= 4 is 58.2 Å². The fourth-order valence-electron chi connectivity index (χ4n) is 1.70. The molecule has 4 atom stereocenters. The molecule has 0 fully saturated rings. The molecule has 2 N–H and O–H groups in total. The topological polar surface area (TPSA) is 40.5 Å². The number of aliphatic hydroxyl groups excluding tert-OH is 2. The van der Waals surface area contributed by atoms with Gasteiger partial charge in [0.1, 0.15) is 20.6 Å². The first kappa shape index (κ1) is 15.8. The molecule has 0 radical (unpaired) electrons. The number of alkyl halides is 2. The number of hydrogen-bond acceptors (Lipinski definition) is 3. The predicted molar refractivity (Wildman–Crippen MR) is 82.9 cm³/mol. The van der Waals surface area contributed by atoms with Crippen molar-refractivity contribution < 1.29 is 10.2 Å². The Morgan fingerprint density at radius 3 is 1.63 bits per heavy atom. The molecule has 0 aromatic heterocycles. The van der Waals surface area contributed by atoms with Gasteiger partial charge in [-0.1, -0.05) is 70.7 Å². The van der Waals surface area contributed by atoms with Crippen molar-refractivity contribution in [2.75, 3.05) is 0 Å². The third kappa shape index (κ3) is 3.03. The average Bonchev–Trinajstić information content (AvgIpc) is 2.33. The molecule has 104 valence electrons. The third-order valence-corrected chi connectivity index (χ3v) is 5.88. The van der Waals surface area contributed by atoms with Crippen LogP contribution < -0.4 is 0 Å². The first-order valence-corrected chi connectivity index (χ1v) is 7.65. The molecule has 4 unspecified atom stereocenters. The Kier molecular flexibility index (Phi) is 4.69. The molecule has 2 aliphatic carbocycles. The number of allylic oxidation sites excluding steroid dienone is 4. The highest BCUT2D eigenvalue weighted by molar-refractivity contribution is 8.04. The summed E-state index contributed by atoms with van der Waals surface area (Å²) < 4.78 is -2.54. The van der Waals surface area contributed by atoms with E-state index in [-0.39, 0.29) is 10.1 Å². The van der Waals surface area contributed by atoms with Crippen LogP contribution in [-0.4, -0.2) is 30.8 Å². The van der Waals surface area contributed by atoms with Gasteiger partial charge in [0, 0.05) is 10.1 Å². The first-order valence-electron chi connectivity index (χ1n) is 5.32. The predicted octanol–water partition coefficient (Wildman–Crippen LogP) is 3.70. The van der Waals surface area contributed by atoms with E-state index in [0.717, 1.165) is 11.8 Å². The van der Waals surface area contributed by atoms with Crippen molar-refractivity contribution in [1.82, 2.24) is 0 Å². The summed E-state index contributed by atoms with van der Waals surface area (Å²) >= 11 is 25.5. The van der Waals surface area contributed by atoms with Gasteiger partial charge in [0.05, 0.1) is 0 Å². The minimum Gasteiger partial charge on any atom is -0.384 e. The normalized spacial score (nSPS) is 42.0. The molecule has 0 spiro atoms. The molecular weight excluding hydrogens is 350 g/mol. The molecule has 0 aliphatic heterocycles. The van der Waals surface area contributed by atoms with E-state index in [2.05, 4.69) is 0 Å². The maximum Gasteiger partial charge on any atom is 0.141 e. The van der Waals surface area contributed by atoms with E-state index >= 15 is 0 Å². The number of hydrogen-bond donors (Lipinski definition) is 2. The van der Waals surface area contributed by atoms with Crippen molar-refractivity contribution in [3.05, 3.63) is 46.5 Å². The number of rotatable bonds is 2. The van der Waals surface area contributed by atoms with Gasteiger partial charge >= 0.3 is 0 Å². The quantitative estimate of drug-likeness (QED) is 0.738. The minimum atomic E-state index is -1.27. The summed E-state index contributed by atoms with van der Waals surface area (Å²) in [4.78, 5) is 0. The second kappa shape index (κ2) is 5.64. The van der Waals surface area contributed by atoms with Crippen LogP contribution in [0.2, 0.25) is 0 Å². The van der Waals surface area contributed by atoms with Crippen LogP contribution in [0.5, 0.6) is 0 Å². The van der Waals surface area contributed by atoms with Crippen LogP contribution in [0.4, 0.5) is 0 Å². The standard InChI is InChI=1S/C12H10Cl4O2S/c13-7-3-1-5-11(15,9(7)17)19-12(16)6-2-4-8(14)10(12)18/h1-6,9-10,17-18H. The summed E-state index contributed by atoms with van der Waals surface area (Å²) in [6, 6.07) is 0. The summed E-state index contributed by atoms with van der Waals surface area (Å²) in [5.74, 6) is 0. The summed E-state index contributed by atoms with van der Waals surface area (Å²) in [6.45, 7) is 0. The van der Waals surface area contributed by atoms with Gasteiger partial charge in [-0.3, -0.25) is 0 Å². The molecule has 19 heavy (non-hydrogen) atoms. The SMILES string of the molecule is OC1C(Cl)=CC=CC1(Cl)SC1(Cl)C=CC=C(Cl)C1O. The zero-order valence-corrected chi connectivity index (χ0v) is 13.3. The van der Waals surface area contributed by atoms with E-state index in [9.17, 15) is 10.2 Å². The molecule has 0 saturated carbocycles. The van der Waals surface area contributed by atoms with Gasteiger partial charge in [0.25, 0.3) is 0 Å². The van der Waals surface area contributed by atoms with Crippen LogP contribution in [0, 0.1) is 0 Å². The maximum absolute atomic E-state index is 10.1. The molecule has 0 saturated heterocycles. The molecule has 7 heteroatoms. The van der Waals surface area contributed by atoms with Crippen molar-refractivity contribution in [3.63, 3.8) is 0 Å². The molecule has 2 nitrogen and oxygen atoms in total. The van der Waals surface area contributed by atoms with E-state index in [0.29, 0.717) is 0 Å². The fourth-order valence-corrected chi connectivity index (χ4v) is 4.95. The van der Waals surface area contributed by atoms with Crippen molar-refractivity contribution in [1.29, 1.82) is 0 Å². The minimum absolute atomic E-state index is 0.209. The zero-order valence-electron chi connectivity index (χ0n) is 9.43. The Bertz CT molecular complexity index is 458.